The van der Waals surface area contributed by atoms with Crippen molar-refractivity contribution in [1.29, 1.82) is 0 Å². The van der Waals surface area contributed by atoms with Crippen molar-refractivity contribution in [2.75, 3.05) is 20.1 Å². The third-order valence-corrected chi connectivity index (χ3v) is 4.45. The molecule has 3 heteroatoms. The van der Waals surface area contributed by atoms with Gasteiger partial charge in [-0.2, -0.15) is 0 Å². The van der Waals surface area contributed by atoms with E-state index in [9.17, 15) is 0 Å². The second-order valence-electron chi connectivity index (χ2n) is 5.68. The first kappa shape index (κ1) is 13.9. The van der Waals surface area contributed by atoms with Gasteiger partial charge < -0.3 is 10.6 Å². The Morgan fingerprint density at radius 1 is 1.39 bits per heavy atom. The van der Waals surface area contributed by atoms with Crippen LogP contribution in [0.15, 0.2) is 24.3 Å². The van der Waals surface area contributed by atoms with Crippen molar-refractivity contribution in [1.82, 2.24) is 4.90 Å². The SMILES string of the molecule is CN(CCC1(CN)CCC1)Cc1cccc(Cl)c1. The first-order valence-corrected chi connectivity index (χ1v) is 7.14. The lowest BCUT2D eigenvalue weighted by molar-refractivity contribution is 0.111. The van der Waals surface area contributed by atoms with Gasteiger partial charge in [-0.3, -0.25) is 0 Å². The van der Waals surface area contributed by atoms with E-state index in [-0.39, 0.29) is 0 Å². The lowest BCUT2D eigenvalue weighted by Gasteiger charge is -2.42. The second kappa shape index (κ2) is 6.05. The van der Waals surface area contributed by atoms with Crippen LogP contribution in [0.4, 0.5) is 0 Å². The van der Waals surface area contributed by atoms with Gasteiger partial charge >= 0.3 is 0 Å². The van der Waals surface area contributed by atoms with E-state index >= 15 is 0 Å². The highest BCUT2D eigenvalue weighted by atomic mass is 35.5. The van der Waals surface area contributed by atoms with Crippen LogP contribution < -0.4 is 5.73 Å². The fraction of sp³-hybridized carbons (Fsp3) is 0.600. The zero-order valence-electron chi connectivity index (χ0n) is 11.2. The van der Waals surface area contributed by atoms with Gasteiger partial charge in [0.25, 0.3) is 0 Å². The van der Waals surface area contributed by atoms with Crippen LogP contribution >= 0.6 is 11.6 Å². The van der Waals surface area contributed by atoms with Crippen LogP contribution in [0.25, 0.3) is 0 Å². The molecule has 0 heterocycles. The van der Waals surface area contributed by atoms with Crippen molar-refractivity contribution >= 4 is 11.6 Å². The number of hydrogen-bond acceptors (Lipinski definition) is 2. The monoisotopic (exact) mass is 266 g/mol. The Morgan fingerprint density at radius 2 is 2.17 bits per heavy atom. The predicted molar refractivity (Wildman–Crippen MR) is 77.7 cm³/mol. The molecule has 100 valence electrons. The van der Waals surface area contributed by atoms with E-state index in [0.29, 0.717) is 5.41 Å². The summed E-state index contributed by atoms with van der Waals surface area (Å²) in [6, 6.07) is 8.10. The molecule has 0 aromatic heterocycles. The molecule has 0 radical (unpaired) electrons. The second-order valence-corrected chi connectivity index (χ2v) is 6.11. The summed E-state index contributed by atoms with van der Waals surface area (Å²) in [5.74, 6) is 0. The quantitative estimate of drug-likeness (QED) is 0.856. The van der Waals surface area contributed by atoms with Gasteiger partial charge in [0.05, 0.1) is 0 Å². The minimum absolute atomic E-state index is 0.447. The molecular weight excluding hydrogens is 244 g/mol. The summed E-state index contributed by atoms with van der Waals surface area (Å²) in [7, 11) is 2.17. The van der Waals surface area contributed by atoms with Crippen LogP contribution in [-0.4, -0.2) is 25.0 Å². The fourth-order valence-electron chi connectivity index (χ4n) is 2.69. The molecule has 1 aromatic rings. The van der Waals surface area contributed by atoms with Gasteiger partial charge in [0, 0.05) is 11.6 Å². The van der Waals surface area contributed by atoms with Crippen molar-refractivity contribution in [3.05, 3.63) is 34.9 Å². The maximum Gasteiger partial charge on any atom is 0.0409 e. The number of halogens is 1. The number of nitrogens with two attached hydrogens (primary N) is 1. The van der Waals surface area contributed by atoms with E-state index in [4.69, 9.17) is 17.3 Å². The molecule has 0 saturated heterocycles. The summed E-state index contributed by atoms with van der Waals surface area (Å²) in [5.41, 5.74) is 7.62. The maximum atomic E-state index is 6.00. The van der Waals surface area contributed by atoms with E-state index < -0.39 is 0 Å². The molecule has 0 unspecified atom stereocenters. The van der Waals surface area contributed by atoms with Crippen LogP contribution in [0, 0.1) is 5.41 Å². The molecule has 2 N–H and O–H groups in total. The van der Waals surface area contributed by atoms with E-state index in [1.807, 2.05) is 18.2 Å². The molecular formula is C15H23ClN2. The molecule has 1 fully saturated rings. The molecule has 0 aliphatic heterocycles. The van der Waals surface area contributed by atoms with Crippen LogP contribution in [0.3, 0.4) is 0 Å². The lowest BCUT2D eigenvalue weighted by Crippen LogP contribution is -2.39. The van der Waals surface area contributed by atoms with Gasteiger partial charge in [0.1, 0.15) is 0 Å². The Hall–Kier alpha value is -0.570. The van der Waals surface area contributed by atoms with Crippen molar-refractivity contribution in [2.45, 2.75) is 32.2 Å². The average Bonchev–Trinajstić information content (AvgIpc) is 2.28. The highest BCUT2D eigenvalue weighted by Gasteiger charge is 2.34. The minimum atomic E-state index is 0.447. The van der Waals surface area contributed by atoms with Gasteiger partial charge in [-0.05, 0) is 62.5 Å². The van der Waals surface area contributed by atoms with Gasteiger partial charge in [-0.15, -0.1) is 0 Å². The maximum absolute atomic E-state index is 6.00. The van der Waals surface area contributed by atoms with Crippen molar-refractivity contribution in [3.63, 3.8) is 0 Å². The highest BCUT2D eigenvalue weighted by Crippen LogP contribution is 2.42. The van der Waals surface area contributed by atoms with E-state index in [0.717, 1.165) is 24.7 Å². The first-order chi connectivity index (χ1) is 8.63. The molecule has 1 aliphatic carbocycles. The molecule has 0 spiro atoms. The Morgan fingerprint density at radius 3 is 2.72 bits per heavy atom. The van der Waals surface area contributed by atoms with Gasteiger partial charge in [-0.25, -0.2) is 0 Å². The largest absolute Gasteiger partial charge is 0.330 e. The summed E-state index contributed by atoms with van der Waals surface area (Å²) in [5, 5.41) is 0.818. The van der Waals surface area contributed by atoms with Crippen LogP contribution in [-0.2, 0) is 6.54 Å². The zero-order chi connectivity index (χ0) is 13.0. The summed E-state index contributed by atoms with van der Waals surface area (Å²) < 4.78 is 0. The first-order valence-electron chi connectivity index (χ1n) is 6.77. The molecule has 0 amide bonds. The van der Waals surface area contributed by atoms with Crippen LogP contribution in [0.1, 0.15) is 31.2 Å². The Balaban J connectivity index is 1.80. The smallest absolute Gasteiger partial charge is 0.0409 e. The average molecular weight is 267 g/mol. The number of rotatable bonds is 6. The standard InChI is InChI=1S/C15H23ClN2/c1-18(9-8-15(12-17)6-3-7-15)11-13-4-2-5-14(16)10-13/h2,4-5,10H,3,6-9,11-12,17H2,1H3. The Bertz CT molecular complexity index is 382. The zero-order valence-corrected chi connectivity index (χ0v) is 11.9. The Kier molecular flexibility index (Phi) is 4.66. The third kappa shape index (κ3) is 3.47. The van der Waals surface area contributed by atoms with Crippen LogP contribution in [0.5, 0.6) is 0 Å². The molecule has 0 atom stereocenters. The molecule has 1 saturated carbocycles. The van der Waals surface area contributed by atoms with Gasteiger partial charge in [-0.1, -0.05) is 30.2 Å². The molecule has 1 aliphatic rings. The van der Waals surface area contributed by atoms with Crippen LogP contribution in [0.2, 0.25) is 5.02 Å². The molecule has 0 bridgehead atoms. The molecule has 18 heavy (non-hydrogen) atoms. The summed E-state index contributed by atoms with van der Waals surface area (Å²) in [6.07, 6.45) is 5.21. The third-order valence-electron chi connectivity index (χ3n) is 4.21. The number of benzene rings is 1. The van der Waals surface area contributed by atoms with Gasteiger partial charge in [0.15, 0.2) is 0 Å². The summed E-state index contributed by atoms with van der Waals surface area (Å²) >= 11 is 6.00. The summed E-state index contributed by atoms with van der Waals surface area (Å²) in [4.78, 5) is 2.36. The normalized spacial score (nSPS) is 17.8. The minimum Gasteiger partial charge on any atom is -0.330 e. The van der Waals surface area contributed by atoms with E-state index in [1.54, 1.807) is 0 Å². The van der Waals surface area contributed by atoms with Crippen molar-refractivity contribution in [2.24, 2.45) is 11.1 Å². The predicted octanol–water partition coefficient (Wildman–Crippen LogP) is 3.29. The van der Waals surface area contributed by atoms with E-state index in [1.165, 1.54) is 31.2 Å². The highest BCUT2D eigenvalue weighted by molar-refractivity contribution is 6.30. The molecule has 2 rings (SSSR count). The van der Waals surface area contributed by atoms with Crippen molar-refractivity contribution < 1.29 is 0 Å². The fourth-order valence-corrected chi connectivity index (χ4v) is 2.90. The Labute approximate surface area is 115 Å². The van der Waals surface area contributed by atoms with Gasteiger partial charge in [0.2, 0.25) is 0 Å². The lowest BCUT2D eigenvalue weighted by atomic mass is 9.66. The number of nitrogens with zero attached hydrogens (tertiary/aromatic N) is 1. The van der Waals surface area contributed by atoms with E-state index in [2.05, 4.69) is 18.0 Å². The number of hydrogen-bond donors (Lipinski definition) is 1. The molecule has 1 aromatic carbocycles. The summed E-state index contributed by atoms with van der Waals surface area (Å²) in [6.45, 7) is 2.92. The topological polar surface area (TPSA) is 29.3 Å². The van der Waals surface area contributed by atoms with Crippen molar-refractivity contribution in [3.8, 4) is 0 Å². The molecule has 2 nitrogen and oxygen atoms in total.